The van der Waals surface area contributed by atoms with Crippen LogP contribution in [-0.2, 0) is 6.61 Å². The number of benzene rings is 1. The molecule has 0 atom stereocenters. The smallest absolute Gasteiger partial charge is 0.161 e. The molecular weight excluding hydrogens is 494 g/mol. The summed E-state index contributed by atoms with van der Waals surface area (Å²) in [6.45, 7) is 2.57. The van der Waals surface area contributed by atoms with Gasteiger partial charge in [-0.3, -0.25) is 15.1 Å². The van der Waals surface area contributed by atoms with E-state index < -0.39 is 0 Å². The van der Waals surface area contributed by atoms with Gasteiger partial charge in [-0.1, -0.05) is 30.3 Å². The first-order valence-electron chi connectivity index (χ1n) is 12.1. The second-order valence-corrected chi connectivity index (χ2v) is 10.2. The number of aromatic amines is 2. The summed E-state index contributed by atoms with van der Waals surface area (Å²) >= 11 is 1.72. The summed E-state index contributed by atoms with van der Waals surface area (Å²) in [5.41, 5.74) is 7.61. The Morgan fingerprint density at radius 1 is 0.842 bits per heavy atom. The van der Waals surface area contributed by atoms with Crippen LogP contribution < -0.4 is 4.74 Å². The van der Waals surface area contributed by atoms with Crippen molar-refractivity contribution in [2.24, 2.45) is 0 Å². The first-order valence-corrected chi connectivity index (χ1v) is 12.9. The Balaban J connectivity index is 1.24. The number of hydrogen-bond acceptors (Lipinski definition) is 7. The molecule has 0 aliphatic rings. The van der Waals surface area contributed by atoms with Crippen LogP contribution in [0.25, 0.3) is 55.3 Å². The minimum Gasteiger partial charge on any atom is -0.487 e. The zero-order valence-electron chi connectivity index (χ0n) is 20.3. The predicted molar refractivity (Wildman–Crippen MR) is 149 cm³/mol. The van der Waals surface area contributed by atoms with Crippen LogP contribution in [0.15, 0.2) is 85.5 Å². The van der Waals surface area contributed by atoms with Crippen molar-refractivity contribution in [3.05, 3.63) is 95.9 Å². The lowest BCUT2D eigenvalue weighted by atomic mass is 10.1. The van der Waals surface area contributed by atoms with E-state index in [1.54, 1.807) is 29.9 Å². The fraction of sp³-hybridized carbons (Fsp3) is 0.0690. The van der Waals surface area contributed by atoms with Gasteiger partial charge in [-0.15, -0.1) is 11.3 Å². The van der Waals surface area contributed by atoms with Crippen LogP contribution in [-0.4, -0.2) is 35.1 Å². The minimum atomic E-state index is 0.470. The normalized spacial score (nSPS) is 11.4. The molecule has 0 unspecified atom stereocenters. The summed E-state index contributed by atoms with van der Waals surface area (Å²) in [5, 5.41) is 7.63. The quantitative estimate of drug-likeness (QED) is 0.259. The highest BCUT2D eigenvalue weighted by molar-refractivity contribution is 7.15. The largest absolute Gasteiger partial charge is 0.487 e. The second-order valence-electron chi connectivity index (χ2n) is 8.93. The molecule has 7 aromatic rings. The van der Waals surface area contributed by atoms with Crippen molar-refractivity contribution in [1.82, 2.24) is 35.1 Å². The number of ether oxygens (including phenoxy) is 1. The van der Waals surface area contributed by atoms with E-state index in [0.29, 0.717) is 23.9 Å². The molecule has 0 spiro atoms. The first-order chi connectivity index (χ1) is 18.7. The van der Waals surface area contributed by atoms with E-state index in [9.17, 15) is 0 Å². The van der Waals surface area contributed by atoms with Crippen molar-refractivity contribution in [3.8, 4) is 39.0 Å². The number of imidazole rings is 1. The van der Waals surface area contributed by atoms with Crippen LogP contribution in [0.1, 0.15) is 10.4 Å². The maximum absolute atomic E-state index is 5.97. The summed E-state index contributed by atoms with van der Waals surface area (Å²) in [6.07, 6.45) is 7.14. The number of thiophene rings is 1. The van der Waals surface area contributed by atoms with E-state index in [-0.39, 0.29) is 0 Å². The van der Waals surface area contributed by atoms with Gasteiger partial charge < -0.3 is 9.72 Å². The Morgan fingerprint density at radius 2 is 1.74 bits per heavy atom. The number of pyridine rings is 3. The van der Waals surface area contributed by atoms with Gasteiger partial charge in [0.15, 0.2) is 11.5 Å². The number of aromatic nitrogens is 7. The fourth-order valence-corrected chi connectivity index (χ4v) is 5.29. The van der Waals surface area contributed by atoms with Crippen molar-refractivity contribution in [1.29, 1.82) is 0 Å². The van der Waals surface area contributed by atoms with Gasteiger partial charge in [0.2, 0.25) is 0 Å². The van der Waals surface area contributed by atoms with E-state index in [4.69, 9.17) is 14.7 Å². The maximum Gasteiger partial charge on any atom is 0.161 e. The Morgan fingerprint density at radius 3 is 2.61 bits per heavy atom. The summed E-state index contributed by atoms with van der Waals surface area (Å²) in [5.74, 6) is 1.32. The molecule has 38 heavy (non-hydrogen) atoms. The molecule has 0 aliphatic carbocycles. The van der Waals surface area contributed by atoms with Gasteiger partial charge in [0.25, 0.3) is 0 Å². The third-order valence-electron chi connectivity index (χ3n) is 6.29. The molecule has 0 fully saturated rings. The van der Waals surface area contributed by atoms with Crippen LogP contribution in [0, 0.1) is 6.92 Å². The highest BCUT2D eigenvalue weighted by Crippen LogP contribution is 2.34. The number of aryl methyl sites for hydroxylation is 1. The summed E-state index contributed by atoms with van der Waals surface area (Å²) in [6, 6.07) is 20.1. The Bertz CT molecular complexity index is 1910. The van der Waals surface area contributed by atoms with Gasteiger partial charge in [-0.2, -0.15) is 5.10 Å². The molecule has 6 heterocycles. The number of fused-ring (bicyclic) bond motifs is 2. The minimum absolute atomic E-state index is 0.470. The van der Waals surface area contributed by atoms with Gasteiger partial charge in [0.05, 0.1) is 29.1 Å². The van der Waals surface area contributed by atoms with Crippen molar-refractivity contribution in [2.45, 2.75) is 13.5 Å². The maximum atomic E-state index is 5.97. The first kappa shape index (κ1) is 22.3. The molecule has 0 saturated carbocycles. The van der Waals surface area contributed by atoms with E-state index >= 15 is 0 Å². The highest BCUT2D eigenvalue weighted by atomic mass is 32.1. The number of nitrogens with one attached hydrogen (secondary N) is 2. The molecule has 2 N–H and O–H groups in total. The van der Waals surface area contributed by atoms with E-state index in [1.807, 2.05) is 54.7 Å². The van der Waals surface area contributed by atoms with Crippen LogP contribution in [0.4, 0.5) is 0 Å². The van der Waals surface area contributed by atoms with Gasteiger partial charge >= 0.3 is 0 Å². The standard InChI is InChI=1S/C29H21N7OS/c1-17-7-10-25(38-17)21-14-31-15-24-26(21)34-29(33-24)28-27-23(35-36-28)9-8-22(32-27)19-11-20(13-30-12-19)37-16-18-5-3-2-4-6-18/h2-15H,16H2,1H3,(H,33,34)(H,35,36). The third-order valence-corrected chi connectivity index (χ3v) is 7.32. The monoisotopic (exact) mass is 515 g/mol. The summed E-state index contributed by atoms with van der Waals surface area (Å²) in [7, 11) is 0. The second kappa shape index (κ2) is 9.20. The average molecular weight is 516 g/mol. The lowest BCUT2D eigenvalue weighted by molar-refractivity contribution is 0.305. The zero-order chi connectivity index (χ0) is 25.5. The summed E-state index contributed by atoms with van der Waals surface area (Å²) in [4.78, 5) is 24.4. The fourth-order valence-electron chi connectivity index (χ4n) is 4.41. The molecular formula is C29H21N7OS. The lowest BCUT2D eigenvalue weighted by Crippen LogP contribution is -1.96. The molecule has 184 valence electrons. The SMILES string of the molecule is Cc1ccc(-c2cncc3[nH]c(-c4n[nH]c5ccc(-c6cncc(OCc7ccccc7)c6)nc45)nc23)s1. The highest BCUT2D eigenvalue weighted by Gasteiger charge is 2.18. The topological polar surface area (TPSA) is 105 Å². The molecule has 0 aliphatic heterocycles. The third kappa shape index (κ3) is 4.08. The van der Waals surface area contributed by atoms with Gasteiger partial charge in [0, 0.05) is 33.3 Å². The van der Waals surface area contributed by atoms with Crippen LogP contribution >= 0.6 is 11.3 Å². The molecule has 0 radical (unpaired) electrons. The molecule has 0 bridgehead atoms. The van der Waals surface area contributed by atoms with Gasteiger partial charge in [-0.25, -0.2) is 9.97 Å². The zero-order valence-corrected chi connectivity index (χ0v) is 21.2. The molecule has 7 rings (SSSR count). The number of nitrogens with zero attached hydrogens (tertiary/aromatic N) is 5. The Labute approximate surface area is 221 Å². The van der Waals surface area contributed by atoms with Gasteiger partial charge in [0.1, 0.15) is 23.4 Å². The molecule has 9 heteroatoms. The van der Waals surface area contributed by atoms with E-state index in [1.165, 1.54) is 4.88 Å². The van der Waals surface area contributed by atoms with E-state index in [2.05, 4.69) is 44.2 Å². The van der Waals surface area contributed by atoms with Gasteiger partial charge in [-0.05, 0) is 42.8 Å². The van der Waals surface area contributed by atoms with Crippen molar-refractivity contribution >= 4 is 33.4 Å². The van der Waals surface area contributed by atoms with Crippen molar-refractivity contribution in [3.63, 3.8) is 0 Å². The lowest BCUT2D eigenvalue weighted by Gasteiger charge is -2.08. The molecule has 0 amide bonds. The number of rotatable bonds is 6. The predicted octanol–water partition coefficient (Wildman–Crippen LogP) is 6.57. The molecule has 0 saturated heterocycles. The number of hydrogen-bond donors (Lipinski definition) is 2. The van der Waals surface area contributed by atoms with Crippen LogP contribution in [0.2, 0.25) is 0 Å². The molecule has 6 aromatic heterocycles. The Kier molecular flexibility index (Phi) is 5.41. The molecule has 8 nitrogen and oxygen atoms in total. The Hall–Kier alpha value is -4.89. The van der Waals surface area contributed by atoms with Crippen LogP contribution in [0.3, 0.4) is 0 Å². The molecule has 1 aromatic carbocycles. The van der Waals surface area contributed by atoms with E-state index in [0.717, 1.165) is 49.3 Å². The number of H-pyrrole nitrogens is 2. The van der Waals surface area contributed by atoms with Crippen LogP contribution in [0.5, 0.6) is 5.75 Å². The van der Waals surface area contributed by atoms with Crippen molar-refractivity contribution < 1.29 is 4.74 Å². The van der Waals surface area contributed by atoms with Crippen molar-refractivity contribution in [2.75, 3.05) is 0 Å². The average Bonchev–Trinajstić information content (AvgIpc) is 3.70. The summed E-state index contributed by atoms with van der Waals surface area (Å²) < 4.78 is 5.97.